The summed E-state index contributed by atoms with van der Waals surface area (Å²) in [4.78, 5) is 35.5. The van der Waals surface area contributed by atoms with Crippen LogP contribution in [0.25, 0.3) is 17.3 Å². The van der Waals surface area contributed by atoms with Gasteiger partial charge in [-0.2, -0.15) is 0 Å². The van der Waals surface area contributed by atoms with Gasteiger partial charge in [0.05, 0.1) is 16.9 Å². The monoisotopic (exact) mass is 519 g/mol. The molecular weight excluding hydrogens is 493 g/mol. The molecule has 190 valence electrons. The summed E-state index contributed by atoms with van der Waals surface area (Å²) in [5, 5.41) is 6.70. The van der Waals surface area contributed by atoms with Crippen LogP contribution in [0.5, 0.6) is 0 Å². The Morgan fingerprint density at radius 1 is 1.11 bits per heavy atom. The van der Waals surface area contributed by atoms with Crippen LogP contribution in [0.4, 0.5) is 15.8 Å². The molecule has 3 atom stereocenters. The van der Waals surface area contributed by atoms with Gasteiger partial charge in [0, 0.05) is 60.5 Å². The Morgan fingerprint density at radius 2 is 1.84 bits per heavy atom. The highest BCUT2D eigenvalue weighted by Crippen LogP contribution is 2.38. The molecule has 0 saturated carbocycles. The van der Waals surface area contributed by atoms with Crippen molar-refractivity contribution in [3.63, 3.8) is 0 Å². The van der Waals surface area contributed by atoms with Crippen molar-refractivity contribution in [3.8, 4) is 11.3 Å². The van der Waals surface area contributed by atoms with Crippen LogP contribution >= 0.6 is 11.6 Å². The molecule has 5 rings (SSSR count). The highest BCUT2D eigenvalue weighted by atomic mass is 35.5. The second kappa shape index (κ2) is 10.7. The first-order chi connectivity index (χ1) is 17.9. The summed E-state index contributed by atoms with van der Waals surface area (Å²) in [5.41, 5.74) is 3.30. The molecule has 0 spiro atoms. The molecule has 2 saturated heterocycles. The second-order valence-electron chi connectivity index (χ2n) is 9.47. The largest absolute Gasteiger partial charge is 0.382 e. The standard InChI is InChI=1S/C28H27ClFN5O2/c1-17(36)33-26-15-25(29)24(27-16-31-10-11-32-27)12-18(26)2-9-28(37)35-22-7-8-23(35)14-21(13-22)34-20-5-3-19(30)4-6-20/h2-6,9-12,15-16,21-23,34H,7-8,13-14H2,1H3,(H,33,36)/b9-2+/t21-,22+,23-. The van der Waals surface area contributed by atoms with Crippen LogP contribution in [0, 0.1) is 5.82 Å². The minimum atomic E-state index is -0.260. The van der Waals surface area contributed by atoms with Crippen molar-refractivity contribution in [2.24, 2.45) is 0 Å². The minimum absolute atomic E-state index is 0.0579. The van der Waals surface area contributed by atoms with E-state index in [4.69, 9.17) is 11.6 Å². The van der Waals surface area contributed by atoms with Gasteiger partial charge in [0.2, 0.25) is 11.8 Å². The minimum Gasteiger partial charge on any atom is -0.382 e. The number of nitrogens with zero attached hydrogens (tertiary/aromatic N) is 3. The number of benzene rings is 2. The van der Waals surface area contributed by atoms with Crippen LogP contribution in [0.2, 0.25) is 5.02 Å². The fourth-order valence-corrected chi connectivity index (χ4v) is 5.60. The fraction of sp³-hybridized carbons (Fsp3) is 0.286. The maximum atomic E-state index is 13.3. The van der Waals surface area contributed by atoms with Crippen molar-refractivity contribution in [2.45, 2.75) is 50.7 Å². The Balaban J connectivity index is 1.34. The number of piperidine rings is 1. The van der Waals surface area contributed by atoms with Crippen molar-refractivity contribution in [3.05, 3.63) is 77.5 Å². The van der Waals surface area contributed by atoms with Crippen molar-refractivity contribution >= 4 is 40.9 Å². The summed E-state index contributed by atoms with van der Waals surface area (Å²) in [7, 11) is 0. The molecule has 2 aliphatic rings. The molecule has 1 aromatic heterocycles. The van der Waals surface area contributed by atoms with Gasteiger partial charge in [0.1, 0.15) is 5.82 Å². The number of carbonyl (C=O) groups excluding carboxylic acids is 2. The lowest BCUT2D eigenvalue weighted by atomic mass is 9.96. The Labute approximate surface area is 219 Å². The van der Waals surface area contributed by atoms with Crippen LogP contribution in [0.1, 0.15) is 38.2 Å². The quantitative estimate of drug-likeness (QED) is 0.417. The molecule has 0 unspecified atom stereocenters. The highest BCUT2D eigenvalue weighted by molar-refractivity contribution is 6.33. The summed E-state index contributed by atoms with van der Waals surface area (Å²) in [6.07, 6.45) is 11.6. The number of carbonyl (C=O) groups is 2. The number of nitrogens with one attached hydrogen (secondary N) is 2. The number of hydrogen-bond acceptors (Lipinski definition) is 5. The molecule has 3 aromatic rings. The zero-order valence-electron chi connectivity index (χ0n) is 20.3. The first kappa shape index (κ1) is 24.9. The smallest absolute Gasteiger partial charge is 0.247 e. The van der Waals surface area contributed by atoms with Crippen LogP contribution < -0.4 is 10.6 Å². The third-order valence-corrected chi connectivity index (χ3v) is 7.21. The topological polar surface area (TPSA) is 87.2 Å². The van der Waals surface area contributed by atoms with Crippen molar-refractivity contribution in [1.29, 1.82) is 0 Å². The molecule has 0 aliphatic carbocycles. The molecule has 37 heavy (non-hydrogen) atoms. The van der Waals surface area contributed by atoms with Crippen LogP contribution in [-0.4, -0.2) is 44.8 Å². The normalized spacial score (nSPS) is 20.7. The first-order valence-corrected chi connectivity index (χ1v) is 12.6. The average Bonchev–Trinajstić information content (AvgIpc) is 3.15. The lowest BCUT2D eigenvalue weighted by molar-refractivity contribution is -0.130. The molecule has 2 aromatic carbocycles. The fourth-order valence-electron chi connectivity index (χ4n) is 5.34. The molecule has 2 bridgehead atoms. The third-order valence-electron chi connectivity index (χ3n) is 6.90. The van der Waals surface area contributed by atoms with Gasteiger partial charge in [-0.25, -0.2) is 4.39 Å². The van der Waals surface area contributed by atoms with E-state index < -0.39 is 0 Å². The molecule has 0 radical (unpaired) electrons. The maximum Gasteiger partial charge on any atom is 0.247 e. The van der Waals surface area contributed by atoms with E-state index in [2.05, 4.69) is 20.6 Å². The average molecular weight is 520 g/mol. The van der Waals surface area contributed by atoms with E-state index in [1.54, 1.807) is 55.0 Å². The van der Waals surface area contributed by atoms with Gasteiger partial charge in [-0.1, -0.05) is 11.6 Å². The van der Waals surface area contributed by atoms with Crippen molar-refractivity contribution in [1.82, 2.24) is 14.9 Å². The van der Waals surface area contributed by atoms with Gasteiger partial charge >= 0.3 is 0 Å². The van der Waals surface area contributed by atoms with Crippen molar-refractivity contribution < 1.29 is 14.0 Å². The Morgan fingerprint density at radius 3 is 2.49 bits per heavy atom. The van der Waals surface area contributed by atoms with E-state index >= 15 is 0 Å². The van der Waals surface area contributed by atoms with Crippen molar-refractivity contribution in [2.75, 3.05) is 10.6 Å². The Kier molecular flexibility index (Phi) is 7.19. The van der Waals surface area contributed by atoms with Crippen LogP contribution in [0.15, 0.2) is 61.1 Å². The lowest BCUT2D eigenvalue weighted by Crippen LogP contribution is -2.49. The zero-order chi connectivity index (χ0) is 25.9. The van der Waals surface area contributed by atoms with Crippen LogP contribution in [-0.2, 0) is 9.59 Å². The van der Waals surface area contributed by atoms with Crippen LogP contribution in [0.3, 0.4) is 0 Å². The van der Waals surface area contributed by atoms with E-state index in [0.717, 1.165) is 31.4 Å². The third kappa shape index (κ3) is 5.64. The summed E-state index contributed by atoms with van der Waals surface area (Å²) >= 11 is 6.49. The Bertz CT molecular complexity index is 1320. The number of amides is 2. The van der Waals surface area contributed by atoms with Gasteiger partial charge in [0.25, 0.3) is 0 Å². The zero-order valence-corrected chi connectivity index (χ0v) is 21.1. The number of fused-ring (bicyclic) bond motifs is 2. The SMILES string of the molecule is CC(=O)Nc1cc(Cl)c(-c2cnccn2)cc1/C=C/C(=O)N1[C@@H]2CC[C@H]1C[C@@H](Nc1ccc(F)cc1)C2. The lowest BCUT2D eigenvalue weighted by Gasteiger charge is -2.39. The number of halogens is 2. The molecule has 7 nitrogen and oxygen atoms in total. The maximum absolute atomic E-state index is 13.3. The first-order valence-electron chi connectivity index (χ1n) is 12.3. The summed E-state index contributed by atoms with van der Waals surface area (Å²) in [6, 6.07) is 10.4. The summed E-state index contributed by atoms with van der Waals surface area (Å²) in [5.74, 6) is -0.556. The second-order valence-corrected chi connectivity index (χ2v) is 9.88. The highest BCUT2D eigenvalue weighted by Gasteiger charge is 2.42. The Hall–Kier alpha value is -3.78. The predicted molar refractivity (Wildman–Crippen MR) is 143 cm³/mol. The van der Waals surface area contributed by atoms with Gasteiger partial charge in [-0.05, 0) is 73.7 Å². The van der Waals surface area contributed by atoms with E-state index in [9.17, 15) is 14.0 Å². The molecule has 3 heterocycles. The molecular formula is C28H27ClFN5O2. The van der Waals surface area contributed by atoms with E-state index in [-0.39, 0.29) is 35.8 Å². The molecule has 2 fully saturated rings. The van der Waals surface area contributed by atoms with Gasteiger partial charge < -0.3 is 15.5 Å². The molecule has 2 aliphatic heterocycles. The summed E-state index contributed by atoms with van der Waals surface area (Å²) < 4.78 is 13.2. The number of hydrogen-bond donors (Lipinski definition) is 2. The van der Waals surface area contributed by atoms with Gasteiger partial charge in [-0.3, -0.25) is 19.6 Å². The van der Waals surface area contributed by atoms with E-state index in [1.165, 1.54) is 19.1 Å². The molecule has 2 N–H and O–H groups in total. The van der Waals surface area contributed by atoms with E-state index in [1.807, 2.05) is 4.90 Å². The van der Waals surface area contributed by atoms with Gasteiger partial charge in [-0.15, -0.1) is 0 Å². The number of anilines is 2. The van der Waals surface area contributed by atoms with E-state index in [0.29, 0.717) is 27.5 Å². The predicted octanol–water partition coefficient (Wildman–Crippen LogP) is 5.54. The molecule has 2 amide bonds. The number of rotatable bonds is 6. The summed E-state index contributed by atoms with van der Waals surface area (Å²) in [6.45, 7) is 1.42. The number of aromatic nitrogens is 2. The van der Waals surface area contributed by atoms with Gasteiger partial charge in [0.15, 0.2) is 0 Å². The molecule has 9 heteroatoms.